The van der Waals surface area contributed by atoms with Gasteiger partial charge < -0.3 is 9.26 Å². The van der Waals surface area contributed by atoms with Gasteiger partial charge in [-0.05, 0) is 13.0 Å². The van der Waals surface area contributed by atoms with Crippen LogP contribution in [0.2, 0.25) is 0 Å². The van der Waals surface area contributed by atoms with Crippen LogP contribution >= 0.6 is 0 Å². The maximum atomic E-state index is 6.98. The quantitative estimate of drug-likeness (QED) is 0.619. The molecule has 0 spiro atoms. The monoisotopic (exact) mass is 185 g/mol. The molecule has 1 aromatic carbocycles. The van der Waals surface area contributed by atoms with Gasteiger partial charge in [0, 0.05) is 17.9 Å². The first kappa shape index (κ1) is 8.83. The molecule has 1 aromatic heterocycles. The van der Waals surface area contributed by atoms with Gasteiger partial charge in [-0.25, -0.2) is 6.57 Å². The third-order valence-corrected chi connectivity index (χ3v) is 2.45. The Morgan fingerprint density at radius 3 is 2.71 bits per heavy atom. The molecular weight excluding hydrogens is 174 g/mol. The zero-order valence-electron chi connectivity index (χ0n) is 8.24. The van der Waals surface area contributed by atoms with Crippen LogP contribution in [0.15, 0.2) is 28.7 Å². The average molecular weight is 185 g/mol. The summed E-state index contributed by atoms with van der Waals surface area (Å²) in [6.45, 7) is 10.8. The van der Waals surface area contributed by atoms with E-state index < -0.39 is 0 Å². The average Bonchev–Trinajstić information content (AvgIpc) is 2.56. The minimum absolute atomic E-state index is 0.192. The molecule has 14 heavy (non-hydrogen) atoms. The Hall–Kier alpha value is -1.75. The summed E-state index contributed by atoms with van der Waals surface area (Å²) in [6.07, 6.45) is 0. The van der Waals surface area contributed by atoms with Crippen LogP contribution < -0.4 is 0 Å². The van der Waals surface area contributed by atoms with Gasteiger partial charge in [-0.3, -0.25) is 0 Å². The van der Waals surface area contributed by atoms with Crippen LogP contribution in [-0.2, 0) is 0 Å². The molecule has 0 aliphatic rings. The van der Waals surface area contributed by atoms with E-state index in [-0.39, 0.29) is 6.04 Å². The van der Waals surface area contributed by atoms with E-state index in [0.29, 0.717) is 0 Å². The molecule has 0 aliphatic heterocycles. The predicted octanol–water partition coefficient (Wildman–Crippen LogP) is 3.72. The third kappa shape index (κ3) is 1.18. The van der Waals surface area contributed by atoms with Crippen molar-refractivity contribution in [1.82, 2.24) is 0 Å². The minimum Gasteiger partial charge on any atom is -0.453 e. The van der Waals surface area contributed by atoms with Gasteiger partial charge in [-0.2, -0.15) is 0 Å². The lowest BCUT2D eigenvalue weighted by molar-refractivity contribution is 0.532. The van der Waals surface area contributed by atoms with Crippen LogP contribution in [0.3, 0.4) is 0 Å². The molecule has 0 radical (unpaired) electrons. The van der Waals surface area contributed by atoms with Crippen LogP contribution in [-0.4, -0.2) is 0 Å². The first-order valence-corrected chi connectivity index (χ1v) is 4.58. The van der Waals surface area contributed by atoms with E-state index in [4.69, 9.17) is 11.0 Å². The number of para-hydroxylation sites is 1. The highest BCUT2D eigenvalue weighted by molar-refractivity contribution is 5.82. The van der Waals surface area contributed by atoms with E-state index in [1.54, 1.807) is 0 Å². The van der Waals surface area contributed by atoms with Crippen molar-refractivity contribution in [1.29, 1.82) is 0 Å². The van der Waals surface area contributed by atoms with Crippen molar-refractivity contribution < 1.29 is 4.42 Å². The topological polar surface area (TPSA) is 17.5 Å². The van der Waals surface area contributed by atoms with Crippen molar-refractivity contribution >= 4 is 11.0 Å². The van der Waals surface area contributed by atoms with Gasteiger partial charge in [0.2, 0.25) is 0 Å². The van der Waals surface area contributed by atoms with E-state index >= 15 is 0 Å². The van der Waals surface area contributed by atoms with Crippen molar-refractivity contribution in [3.8, 4) is 0 Å². The Balaban J connectivity index is 2.70. The predicted molar refractivity (Wildman–Crippen MR) is 56.0 cm³/mol. The van der Waals surface area contributed by atoms with Crippen molar-refractivity contribution in [2.75, 3.05) is 0 Å². The summed E-state index contributed by atoms with van der Waals surface area (Å²) in [5.74, 6) is 0.793. The molecule has 2 aromatic rings. The highest BCUT2D eigenvalue weighted by Gasteiger charge is 2.19. The Morgan fingerprint density at radius 1 is 1.36 bits per heavy atom. The summed E-state index contributed by atoms with van der Waals surface area (Å²) < 4.78 is 5.64. The summed E-state index contributed by atoms with van der Waals surface area (Å²) in [5.41, 5.74) is 1.96. The van der Waals surface area contributed by atoms with Crippen molar-refractivity contribution in [3.05, 3.63) is 47.0 Å². The molecule has 1 atom stereocenters. The molecule has 2 heteroatoms. The Labute approximate surface area is 83.0 Å². The van der Waals surface area contributed by atoms with Gasteiger partial charge >= 0.3 is 0 Å². The number of furan rings is 1. The second-order valence-electron chi connectivity index (χ2n) is 3.39. The fourth-order valence-electron chi connectivity index (χ4n) is 1.65. The molecule has 0 amide bonds. The lowest BCUT2D eigenvalue weighted by Gasteiger charge is -1.94. The highest BCUT2D eigenvalue weighted by Crippen LogP contribution is 2.30. The summed E-state index contributed by atoms with van der Waals surface area (Å²) in [6, 6.07) is 7.69. The molecule has 0 aliphatic carbocycles. The van der Waals surface area contributed by atoms with Crippen molar-refractivity contribution in [2.45, 2.75) is 19.9 Å². The minimum atomic E-state index is -0.192. The molecule has 0 N–H and O–H groups in total. The summed E-state index contributed by atoms with van der Waals surface area (Å²) >= 11 is 0. The standard InChI is InChI=1S/C12H11NO/c1-8-10-6-4-5-7-11(10)14-12(8)9(2)13-3/h4-7,9H,1-2H3. The molecular formula is C12H11NO. The number of fused-ring (bicyclic) bond motifs is 1. The molecule has 0 fully saturated rings. The molecule has 70 valence electrons. The van der Waals surface area contributed by atoms with Gasteiger partial charge in [0.1, 0.15) is 5.58 Å². The van der Waals surface area contributed by atoms with Gasteiger partial charge in [0.05, 0.1) is 0 Å². The number of aryl methyl sites for hydroxylation is 1. The van der Waals surface area contributed by atoms with Crippen molar-refractivity contribution in [2.24, 2.45) is 0 Å². The van der Waals surface area contributed by atoms with Crippen LogP contribution in [0.25, 0.3) is 15.8 Å². The Morgan fingerprint density at radius 2 is 2.07 bits per heavy atom. The first-order chi connectivity index (χ1) is 6.74. The van der Waals surface area contributed by atoms with E-state index in [0.717, 1.165) is 22.3 Å². The van der Waals surface area contributed by atoms with Gasteiger partial charge in [0.15, 0.2) is 5.76 Å². The second kappa shape index (κ2) is 3.19. The molecule has 2 nitrogen and oxygen atoms in total. The highest BCUT2D eigenvalue weighted by atomic mass is 16.3. The number of benzene rings is 1. The van der Waals surface area contributed by atoms with Gasteiger partial charge in [-0.15, -0.1) is 0 Å². The van der Waals surface area contributed by atoms with E-state index in [1.165, 1.54) is 0 Å². The third-order valence-electron chi connectivity index (χ3n) is 2.45. The Kier molecular flexibility index (Phi) is 2.01. The second-order valence-corrected chi connectivity index (χ2v) is 3.39. The van der Waals surface area contributed by atoms with Crippen LogP contribution in [0.5, 0.6) is 0 Å². The Bertz CT molecular complexity index is 505. The van der Waals surface area contributed by atoms with Crippen LogP contribution in [0.4, 0.5) is 0 Å². The zero-order valence-corrected chi connectivity index (χ0v) is 8.24. The first-order valence-electron chi connectivity index (χ1n) is 4.58. The van der Waals surface area contributed by atoms with E-state index in [2.05, 4.69) is 4.85 Å². The molecule has 0 saturated carbocycles. The van der Waals surface area contributed by atoms with Crippen molar-refractivity contribution in [3.63, 3.8) is 0 Å². The van der Waals surface area contributed by atoms with E-state index in [1.807, 2.05) is 38.1 Å². The fraction of sp³-hybridized carbons (Fsp3) is 0.250. The summed E-state index contributed by atoms with van der Waals surface area (Å²) in [5, 5.41) is 1.11. The normalized spacial score (nSPS) is 12.6. The smallest absolute Gasteiger partial charge is 0.277 e. The fourth-order valence-corrected chi connectivity index (χ4v) is 1.65. The van der Waals surface area contributed by atoms with Crippen LogP contribution in [0, 0.1) is 13.5 Å². The lowest BCUT2D eigenvalue weighted by Crippen LogP contribution is -1.85. The maximum Gasteiger partial charge on any atom is 0.277 e. The molecule has 2 rings (SSSR count). The number of hydrogen-bond donors (Lipinski definition) is 0. The zero-order chi connectivity index (χ0) is 10.1. The lowest BCUT2D eigenvalue weighted by atomic mass is 10.1. The molecule has 1 heterocycles. The summed E-state index contributed by atoms with van der Waals surface area (Å²) in [7, 11) is 0. The number of rotatable bonds is 1. The van der Waals surface area contributed by atoms with Crippen LogP contribution in [0.1, 0.15) is 24.3 Å². The maximum absolute atomic E-state index is 6.98. The number of nitrogens with zero attached hydrogens (tertiary/aromatic N) is 1. The molecule has 1 unspecified atom stereocenters. The van der Waals surface area contributed by atoms with Gasteiger partial charge in [0.25, 0.3) is 6.04 Å². The molecule has 0 bridgehead atoms. The number of hydrogen-bond acceptors (Lipinski definition) is 1. The summed E-state index contributed by atoms with van der Waals surface area (Å²) in [4.78, 5) is 3.47. The largest absolute Gasteiger partial charge is 0.453 e. The van der Waals surface area contributed by atoms with E-state index in [9.17, 15) is 0 Å². The SMILES string of the molecule is [C-]#[N+]C(C)c1oc2ccccc2c1C. The molecule has 0 saturated heterocycles. The van der Waals surface area contributed by atoms with Gasteiger partial charge in [-0.1, -0.05) is 18.2 Å².